The SMILES string of the molecule is Nc1nc2c(c(=O)[nH]1)NCN2C(=O)CO. The highest BCUT2D eigenvalue weighted by Gasteiger charge is 2.27. The summed E-state index contributed by atoms with van der Waals surface area (Å²) in [5, 5.41) is 11.4. The lowest BCUT2D eigenvalue weighted by atomic mass is 10.4. The first-order valence-electron chi connectivity index (χ1n) is 4.18. The first kappa shape index (κ1) is 9.46. The monoisotopic (exact) mass is 211 g/mol. The number of fused-ring (bicyclic) bond motifs is 1. The molecule has 1 aliphatic heterocycles. The minimum absolute atomic E-state index is 0.0711. The van der Waals surface area contributed by atoms with Crippen molar-refractivity contribution in [2.24, 2.45) is 0 Å². The largest absolute Gasteiger partial charge is 0.387 e. The number of hydrogen-bond acceptors (Lipinski definition) is 6. The van der Waals surface area contributed by atoms with E-state index in [0.29, 0.717) is 0 Å². The minimum Gasteiger partial charge on any atom is -0.387 e. The highest BCUT2D eigenvalue weighted by atomic mass is 16.3. The standard InChI is InChI=1S/C7H9N5O3/c8-7-10-5-4(6(15)11-7)9-2-12(5)3(14)1-13/h9,13H,1-2H2,(H3,8,10,11,15). The van der Waals surface area contributed by atoms with Crippen LogP contribution in [-0.4, -0.2) is 34.3 Å². The van der Waals surface area contributed by atoms with Crippen molar-refractivity contribution in [2.45, 2.75) is 0 Å². The van der Waals surface area contributed by atoms with E-state index in [1.807, 2.05) is 0 Å². The molecular formula is C7H9N5O3. The van der Waals surface area contributed by atoms with Gasteiger partial charge in [-0.3, -0.25) is 19.5 Å². The molecule has 2 heterocycles. The van der Waals surface area contributed by atoms with Gasteiger partial charge in [-0.25, -0.2) is 0 Å². The Kier molecular flexibility index (Phi) is 2.05. The summed E-state index contributed by atoms with van der Waals surface area (Å²) in [6, 6.07) is 0. The summed E-state index contributed by atoms with van der Waals surface area (Å²) in [5.41, 5.74) is 5.09. The van der Waals surface area contributed by atoms with Gasteiger partial charge < -0.3 is 16.2 Å². The van der Waals surface area contributed by atoms with Crippen LogP contribution < -0.4 is 21.5 Å². The van der Waals surface area contributed by atoms with Crippen LogP contribution in [0.5, 0.6) is 0 Å². The van der Waals surface area contributed by atoms with Crippen molar-refractivity contribution >= 4 is 23.4 Å². The molecule has 15 heavy (non-hydrogen) atoms. The first-order valence-corrected chi connectivity index (χ1v) is 4.18. The van der Waals surface area contributed by atoms with Gasteiger partial charge in [-0.1, -0.05) is 0 Å². The second-order valence-corrected chi connectivity index (χ2v) is 2.96. The van der Waals surface area contributed by atoms with Crippen LogP contribution in [0.3, 0.4) is 0 Å². The normalized spacial score (nSPS) is 13.5. The lowest BCUT2D eigenvalue weighted by Crippen LogP contribution is -2.33. The Bertz CT molecular complexity index is 468. The number of nitrogens with one attached hydrogen (secondary N) is 2. The molecule has 0 saturated heterocycles. The summed E-state index contributed by atoms with van der Waals surface area (Å²) >= 11 is 0. The second-order valence-electron chi connectivity index (χ2n) is 2.96. The molecular weight excluding hydrogens is 202 g/mol. The predicted molar refractivity (Wildman–Crippen MR) is 52.3 cm³/mol. The van der Waals surface area contributed by atoms with Crippen molar-refractivity contribution in [2.75, 3.05) is 29.2 Å². The minimum atomic E-state index is -0.643. The molecule has 0 aliphatic carbocycles. The van der Waals surface area contributed by atoms with Crippen LogP contribution >= 0.6 is 0 Å². The van der Waals surface area contributed by atoms with E-state index in [1.165, 1.54) is 0 Å². The Morgan fingerprint density at radius 1 is 1.67 bits per heavy atom. The summed E-state index contributed by atoms with van der Waals surface area (Å²) in [6.45, 7) is -0.538. The van der Waals surface area contributed by atoms with Gasteiger partial charge in [0, 0.05) is 0 Å². The molecule has 0 aromatic carbocycles. The molecule has 0 saturated carbocycles. The molecule has 5 N–H and O–H groups in total. The maximum atomic E-state index is 11.3. The number of nitrogen functional groups attached to an aromatic ring is 1. The molecule has 8 heteroatoms. The van der Waals surface area contributed by atoms with Crippen molar-refractivity contribution in [1.82, 2.24) is 9.97 Å². The summed E-state index contributed by atoms with van der Waals surface area (Å²) in [5.74, 6) is -0.466. The molecule has 1 aromatic heterocycles. The molecule has 0 fully saturated rings. The Hall–Kier alpha value is -2.09. The quantitative estimate of drug-likeness (QED) is 0.428. The van der Waals surface area contributed by atoms with Gasteiger partial charge in [-0.15, -0.1) is 0 Å². The van der Waals surface area contributed by atoms with Gasteiger partial charge in [0.1, 0.15) is 12.3 Å². The van der Waals surface area contributed by atoms with E-state index in [9.17, 15) is 9.59 Å². The van der Waals surface area contributed by atoms with Gasteiger partial charge in [0.15, 0.2) is 5.82 Å². The molecule has 80 valence electrons. The number of carbonyl (C=O) groups excluding carboxylic acids is 1. The van der Waals surface area contributed by atoms with Gasteiger partial charge in [-0.2, -0.15) is 4.98 Å². The van der Waals surface area contributed by atoms with Crippen LogP contribution in [0.2, 0.25) is 0 Å². The van der Waals surface area contributed by atoms with E-state index in [0.717, 1.165) is 4.90 Å². The third-order valence-electron chi connectivity index (χ3n) is 2.02. The Morgan fingerprint density at radius 3 is 3.07 bits per heavy atom. The second kappa shape index (κ2) is 3.24. The number of nitrogens with zero attached hydrogens (tertiary/aromatic N) is 2. The highest BCUT2D eigenvalue weighted by molar-refractivity contribution is 5.98. The van der Waals surface area contributed by atoms with E-state index in [4.69, 9.17) is 10.8 Å². The lowest BCUT2D eigenvalue weighted by Gasteiger charge is -2.12. The maximum Gasteiger partial charge on any atom is 0.277 e. The number of carbonyl (C=O) groups is 1. The van der Waals surface area contributed by atoms with Crippen molar-refractivity contribution in [3.8, 4) is 0 Å². The van der Waals surface area contributed by atoms with Crippen molar-refractivity contribution in [1.29, 1.82) is 0 Å². The van der Waals surface area contributed by atoms with E-state index in [-0.39, 0.29) is 24.1 Å². The number of amides is 1. The number of H-pyrrole nitrogens is 1. The van der Waals surface area contributed by atoms with E-state index >= 15 is 0 Å². The zero-order valence-electron chi connectivity index (χ0n) is 7.65. The molecule has 0 radical (unpaired) electrons. The third-order valence-corrected chi connectivity index (χ3v) is 2.02. The van der Waals surface area contributed by atoms with Crippen molar-refractivity contribution in [3.63, 3.8) is 0 Å². The Balaban J connectivity index is 2.51. The van der Waals surface area contributed by atoms with E-state index < -0.39 is 18.1 Å². The average molecular weight is 211 g/mol. The van der Waals surface area contributed by atoms with E-state index in [1.54, 1.807) is 0 Å². The van der Waals surface area contributed by atoms with Gasteiger partial charge in [-0.05, 0) is 0 Å². The summed E-state index contributed by atoms with van der Waals surface area (Å²) < 4.78 is 0. The van der Waals surface area contributed by atoms with Crippen LogP contribution in [0, 0.1) is 0 Å². The summed E-state index contributed by atoms with van der Waals surface area (Å²) in [4.78, 5) is 29.9. The van der Waals surface area contributed by atoms with Crippen LogP contribution in [0.4, 0.5) is 17.5 Å². The predicted octanol–water partition coefficient (Wildman–Crippen LogP) is -1.94. The number of aromatic nitrogens is 2. The number of rotatable bonds is 1. The molecule has 0 atom stereocenters. The van der Waals surface area contributed by atoms with Crippen LogP contribution in [0.15, 0.2) is 4.79 Å². The van der Waals surface area contributed by atoms with Crippen LogP contribution in [0.25, 0.3) is 0 Å². The van der Waals surface area contributed by atoms with E-state index in [2.05, 4.69) is 15.3 Å². The van der Waals surface area contributed by atoms with Crippen LogP contribution in [-0.2, 0) is 4.79 Å². The highest BCUT2D eigenvalue weighted by Crippen LogP contribution is 2.25. The average Bonchev–Trinajstić information content (AvgIpc) is 2.60. The third kappa shape index (κ3) is 1.40. The van der Waals surface area contributed by atoms with Crippen molar-refractivity contribution < 1.29 is 9.90 Å². The molecule has 1 amide bonds. The topological polar surface area (TPSA) is 124 Å². The molecule has 0 bridgehead atoms. The fourth-order valence-electron chi connectivity index (χ4n) is 1.36. The number of aromatic amines is 1. The smallest absolute Gasteiger partial charge is 0.277 e. The van der Waals surface area contributed by atoms with Gasteiger partial charge in [0.25, 0.3) is 11.5 Å². The molecule has 0 unspecified atom stereocenters. The lowest BCUT2D eigenvalue weighted by molar-refractivity contribution is -0.121. The van der Waals surface area contributed by atoms with Gasteiger partial charge in [0.05, 0.1) is 6.67 Å². The molecule has 0 spiro atoms. The van der Waals surface area contributed by atoms with Gasteiger partial charge >= 0.3 is 0 Å². The fraction of sp³-hybridized carbons (Fsp3) is 0.286. The number of nitrogens with two attached hydrogens (primary N) is 1. The Morgan fingerprint density at radius 2 is 2.40 bits per heavy atom. The zero-order chi connectivity index (χ0) is 11.0. The molecule has 1 aliphatic rings. The van der Waals surface area contributed by atoms with Gasteiger partial charge in [0.2, 0.25) is 5.95 Å². The number of aliphatic hydroxyl groups is 1. The summed E-state index contributed by atoms with van der Waals surface area (Å²) in [6.07, 6.45) is 0. The molecule has 1 aromatic rings. The number of hydrogen-bond donors (Lipinski definition) is 4. The maximum absolute atomic E-state index is 11.3. The number of anilines is 3. The first-order chi connectivity index (χ1) is 7.13. The fourth-order valence-corrected chi connectivity index (χ4v) is 1.36. The molecule has 8 nitrogen and oxygen atoms in total. The number of aliphatic hydroxyl groups excluding tert-OH is 1. The van der Waals surface area contributed by atoms with Crippen molar-refractivity contribution in [3.05, 3.63) is 10.4 Å². The van der Waals surface area contributed by atoms with Crippen LogP contribution in [0.1, 0.15) is 0 Å². The zero-order valence-corrected chi connectivity index (χ0v) is 7.65. The molecule has 2 rings (SSSR count). The summed E-state index contributed by atoms with van der Waals surface area (Å²) in [7, 11) is 0. The Labute approximate surface area is 83.7 Å².